The van der Waals surface area contributed by atoms with Crippen LogP contribution in [0, 0.1) is 0 Å². The maximum Gasteiger partial charge on any atom is 0.290 e. The highest BCUT2D eigenvalue weighted by Gasteiger charge is 2.42. The molecule has 5 N–H and O–H groups in total. The lowest BCUT2D eigenvalue weighted by Crippen LogP contribution is -2.86. The Morgan fingerprint density at radius 2 is 1.87 bits per heavy atom. The fourth-order valence-electron chi connectivity index (χ4n) is 2.71. The molecule has 1 heterocycles. The van der Waals surface area contributed by atoms with E-state index in [9.17, 15) is 19.8 Å². The molecule has 1 aromatic carbocycles. The minimum Gasteiger partial charge on any atom is -0.508 e. The molecule has 0 spiro atoms. The van der Waals surface area contributed by atoms with Gasteiger partial charge in [0, 0.05) is 0 Å². The number of carbonyl (C=O) groups is 2. The standard InChI is InChI=1S/C16H20N2O5/c1-10(20)13-14(11-2-4-12(21)5-3-11)18(16(23)15(13)22)8-6-17-7-9-19/h2-5,14,17,19,21-22H,6-9H2,1H3/p+1/t14-/m1/s1. The fraction of sp³-hybridized carbons (Fsp3) is 0.375. The first-order valence-electron chi connectivity index (χ1n) is 7.43. The van der Waals surface area contributed by atoms with E-state index in [2.05, 4.69) is 0 Å². The normalized spacial score (nSPS) is 17.9. The van der Waals surface area contributed by atoms with Crippen LogP contribution in [0.1, 0.15) is 18.5 Å². The van der Waals surface area contributed by atoms with Gasteiger partial charge in [-0.2, -0.15) is 0 Å². The lowest BCUT2D eigenvalue weighted by atomic mass is 9.96. The summed E-state index contributed by atoms with van der Waals surface area (Å²) in [5, 5.41) is 30.1. The van der Waals surface area contributed by atoms with Crippen molar-refractivity contribution < 1.29 is 30.2 Å². The van der Waals surface area contributed by atoms with Crippen LogP contribution in [0.15, 0.2) is 35.6 Å². The number of benzene rings is 1. The monoisotopic (exact) mass is 321 g/mol. The number of hydrogen-bond acceptors (Lipinski definition) is 5. The molecule has 0 fully saturated rings. The summed E-state index contributed by atoms with van der Waals surface area (Å²) in [4.78, 5) is 25.6. The van der Waals surface area contributed by atoms with E-state index < -0.39 is 17.7 Å². The van der Waals surface area contributed by atoms with Gasteiger partial charge in [-0.25, -0.2) is 0 Å². The first kappa shape index (κ1) is 17.0. The van der Waals surface area contributed by atoms with Gasteiger partial charge < -0.3 is 25.5 Å². The van der Waals surface area contributed by atoms with Crippen LogP contribution in [-0.4, -0.2) is 58.2 Å². The Labute approximate surface area is 133 Å². The number of hydrogen-bond donors (Lipinski definition) is 4. The number of nitrogens with zero attached hydrogens (tertiary/aromatic N) is 1. The molecule has 124 valence electrons. The molecule has 1 aliphatic rings. The van der Waals surface area contributed by atoms with Gasteiger partial charge in [-0.3, -0.25) is 9.59 Å². The Morgan fingerprint density at radius 3 is 2.43 bits per heavy atom. The van der Waals surface area contributed by atoms with Crippen molar-refractivity contribution in [2.75, 3.05) is 26.2 Å². The van der Waals surface area contributed by atoms with Crippen molar-refractivity contribution in [3.63, 3.8) is 0 Å². The van der Waals surface area contributed by atoms with Crippen molar-refractivity contribution in [1.82, 2.24) is 4.90 Å². The van der Waals surface area contributed by atoms with Gasteiger partial charge in [0.1, 0.15) is 5.75 Å². The van der Waals surface area contributed by atoms with Crippen molar-refractivity contribution in [3.8, 4) is 5.75 Å². The average Bonchev–Trinajstić information content (AvgIpc) is 2.77. The third kappa shape index (κ3) is 3.52. The Morgan fingerprint density at radius 1 is 1.22 bits per heavy atom. The third-order valence-corrected chi connectivity index (χ3v) is 3.80. The Balaban J connectivity index is 2.31. The molecule has 0 saturated heterocycles. The van der Waals surface area contributed by atoms with Gasteiger partial charge in [0.15, 0.2) is 11.5 Å². The summed E-state index contributed by atoms with van der Waals surface area (Å²) in [6, 6.07) is 5.54. The first-order chi connectivity index (χ1) is 11.0. The lowest BCUT2D eigenvalue weighted by Gasteiger charge is -2.26. The molecule has 0 aromatic heterocycles. The molecule has 1 aromatic rings. The number of Topliss-reactive ketones (excluding diaryl/α,β-unsaturated/α-hetero) is 1. The Hall–Kier alpha value is -2.38. The van der Waals surface area contributed by atoms with E-state index in [1.54, 1.807) is 12.1 Å². The number of phenols is 1. The number of nitrogens with two attached hydrogens (primary N) is 1. The highest BCUT2D eigenvalue weighted by molar-refractivity contribution is 6.08. The third-order valence-electron chi connectivity index (χ3n) is 3.80. The number of aliphatic hydroxyl groups is 2. The maximum absolute atomic E-state index is 12.3. The van der Waals surface area contributed by atoms with Crippen molar-refractivity contribution >= 4 is 11.7 Å². The molecule has 0 bridgehead atoms. The zero-order chi connectivity index (χ0) is 17.0. The van der Waals surface area contributed by atoms with E-state index in [1.165, 1.54) is 24.0 Å². The second kappa shape index (κ2) is 7.26. The number of rotatable bonds is 7. The smallest absolute Gasteiger partial charge is 0.290 e. The number of phenolic OH excluding ortho intramolecular Hbond substituents is 1. The summed E-state index contributed by atoms with van der Waals surface area (Å²) < 4.78 is 0. The predicted octanol–water partition coefficient (Wildman–Crippen LogP) is -0.768. The van der Waals surface area contributed by atoms with Crippen LogP contribution in [0.25, 0.3) is 0 Å². The summed E-state index contributed by atoms with van der Waals surface area (Å²) in [6.45, 7) is 2.74. The summed E-state index contributed by atoms with van der Waals surface area (Å²) in [6.07, 6.45) is 0. The maximum atomic E-state index is 12.3. The van der Waals surface area contributed by atoms with Gasteiger partial charge in [-0.15, -0.1) is 0 Å². The van der Waals surface area contributed by atoms with E-state index in [0.29, 0.717) is 25.2 Å². The molecule has 1 atom stereocenters. The second-order valence-electron chi connectivity index (χ2n) is 5.40. The minimum atomic E-state index is -0.664. The lowest BCUT2D eigenvalue weighted by molar-refractivity contribution is -0.655. The number of amides is 1. The molecule has 0 saturated carbocycles. The van der Waals surface area contributed by atoms with Crippen LogP contribution < -0.4 is 5.32 Å². The summed E-state index contributed by atoms with van der Waals surface area (Å²) in [5.41, 5.74) is 0.718. The van der Waals surface area contributed by atoms with Crippen LogP contribution >= 0.6 is 0 Å². The summed E-state index contributed by atoms with van der Waals surface area (Å²) >= 11 is 0. The molecular formula is C16H21N2O5+. The van der Waals surface area contributed by atoms with Gasteiger partial charge in [0.2, 0.25) is 0 Å². The molecule has 0 unspecified atom stereocenters. The van der Waals surface area contributed by atoms with Gasteiger partial charge in [-0.05, 0) is 24.6 Å². The largest absolute Gasteiger partial charge is 0.508 e. The number of aliphatic hydroxyl groups excluding tert-OH is 2. The fourth-order valence-corrected chi connectivity index (χ4v) is 2.71. The molecule has 0 aliphatic carbocycles. The number of quaternary nitrogens is 1. The zero-order valence-electron chi connectivity index (χ0n) is 12.9. The highest BCUT2D eigenvalue weighted by atomic mass is 16.3. The molecule has 7 nitrogen and oxygen atoms in total. The van der Waals surface area contributed by atoms with Crippen molar-refractivity contribution in [3.05, 3.63) is 41.2 Å². The molecule has 7 heteroatoms. The van der Waals surface area contributed by atoms with Crippen LogP contribution in [0.4, 0.5) is 0 Å². The minimum absolute atomic E-state index is 0.0392. The molecule has 1 aliphatic heterocycles. The van der Waals surface area contributed by atoms with Crippen LogP contribution in [0.3, 0.4) is 0 Å². The molecule has 0 radical (unpaired) electrons. The van der Waals surface area contributed by atoms with Crippen molar-refractivity contribution in [1.29, 1.82) is 0 Å². The van der Waals surface area contributed by atoms with Crippen LogP contribution in [0.5, 0.6) is 5.75 Å². The molecular weight excluding hydrogens is 300 g/mol. The number of carbonyl (C=O) groups excluding carboxylic acids is 2. The van der Waals surface area contributed by atoms with Crippen molar-refractivity contribution in [2.24, 2.45) is 0 Å². The molecule has 2 rings (SSSR count). The topological polar surface area (TPSA) is 115 Å². The predicted molar refractivity (Wildman–Crippen MR) is 81.6 cm³/mol. The van der Waals surface area contributed by atoms with E-state index >= 15 is 0 Å². The van der Waals surface area contributed by atoms with E-state index in [4.69, 9.17) is 5.11 Å². The summed E-state index contributed by atoms with van der Waals surface area (Å²) in [5.74, 6) is -1.38. The van der Waals surface area contributed by atoms with Crippen LogP contribution in [-0.2, 0) is 9.59 Å². The Kier molecular flexibility index (Phi) is 5.36. The van der Waals surface area contributed by atoms with E-state index in [0.717, 1.165) is 0 Å². The van der Waals surface area contributed by atoms with Gasteiger partial charge in [0.25, 0.3) is 5.91 Å². The van der Waals surface area contributed by atoms with E-state index in [-0.39, 0.29) is 23.7 Å². The number of ketones is 1. The van der Waals surface area contributed by atoms with E-state index in [1.807, 2.05) is 5.32 Å². The van der Waals surface area contributed by atoms with Gasteiger partial charge in [-0.1, -0.05) is 12.1 Å². The SMILES string of the molecule is CC(=O)C1=C(O)C(=O)N(CC[NH2+]CCO)[C@@H]1c1ccc(O)cc1. The number of aromatic hydroxyl groups is 1. The van der Waals surface area contributed by atoms with Gasteiger partial charge in [0.05, 0.1) is 37.9 Å². The Bertz CT molecular complexity index is 624. The highest BCUT2D eigenvalue weighted by Crippen LogP contribution is 2.37. The van der Waals surface area contributed by atoms with Crippen molar-refractivity contribution in [2.45, 2.75) is 13.0 Å². The average molecular weight is 321 g/mol. The van der Waals surface area contributed by atoms with Gasteiger partial charge >= 0.3 is 0 Å². The quantitative estimate of drug-likeness (QED) is 0.493. The molecule has 23 heavy (non-hydrogen) atoms. The second-order valence-corrected chi connectivity index (χ2v) is 5.40. The summed E-state index contributed by atoms with van der Waals surface area (Å²) in [7, 11) is 0. The van der Waals surface area contributed by atoms with Crippen LogP contribution in [0.2, 0.25) is 0 Å². The zero-order valence-corrected chi connectivity index (χ0v) is 12.9. The molecule has 1 amide bonds. The first-order valence-corrected chi connectivity index (χ1v) is 7.43.